The fraction of sp³-hybridized carbons (Fsp3) is 0.667. The lowest BCUT2D eigenvalue weighted by molar-refractivity contribution is -0.996. The lowest BCUT2D eigenvalue weighted by atomic mass is 9.73. The lowest BCUT2D eigenvalue weighted by Gasteiger charge is -2.45. The first-order chi connectivity index (χ1) is 13.8. The van der Waals surface area contributed by atoms with Crippen LogP contribution in [0.5, 0.6) is 0 Å². The van der Waals surface area contributed by atoms with Crippen LogP contribution in [0.4, 0.5) is 5.69 Å². The first-order valence-electron chi connectivity index (χ1n) is 10.4. The number of nitrogen functional groups attached to an aromatic ring is 1. The molecule has 8 nitrogen and oxygen atoms in total. The van der Waals surface area contributed by atoms with Crippen molar-refractivity contribution < 1.29 is 27.4 Å². The van der Waals surface area contributed by atoms with E-state index in [0.717, 1.165) is 0 Å². The van der Waals surface area contributed by atoms with Crippen LogP contribution in [0, 0.1) is 11.3 Å². The Labute approximate surface area is 180 Å². The molecule has 1 aromatic carbocycles. The molecule has 1 atom stereocenters. The number of likely N-dealkylation sites (N-methyl/N-ethyl adjacent to an activating group) is 1. The molecule has 0 saturated carbocycles. The van der Waals surface area contributed by atoms with Gasteiger partial charge in [0.15, 0.2) is 14.6 Å². The topological polar surface area (TPSA) is 108 Å². The molecule has 1 aliphatic rings. The van der Waals surface area contributed by atoms with Gasteiger partial charge in [-0.3, -0.25) is 0 Å². The quantitative estimate of drug-likeness (QED) is 0.379. The van der Waals surface area contributed by atoms with E-state index in [4.69, 9.17) is 15.3 Å². The van der Waals surface area contributed by atoms with Crippen molar-refractivity contribution >= 4 is 21.5 Å². The fourth-order valence-corrected chi connectivity index (χ4v) is 7.00. The Kier molecular flexibility index (Phi) is 7.23. The van der Waals surface area contributed by atoms with E-state index in [1.165, 1.54) is 24.3 Å². The van der Waals surface area contributed by atoms with E-state index in [2.05, 4.69) is 5.59 Å². The highest BCUT2D eigenvalue weighted by atomic mass is 32.2. The van der Waals surface area contributed by atoms with Crippen molar-refractivity contribution in [3.63, 3.8) is 0 Å². The third-order valence-electron chi connectivity index (χ3n) is 6.11. The molecule has 3 N–H and O–H groups in total. The maximum atomic E-state index is 13.9. The molecule has 1 aromatic rings. The van der Waals surface area contributed by atoms with Gasteiger partial charge in [-0.25, -0.2) is 17.8 Å². The number of sulfone groups is 1. The van der Waals surface area contributed by atoms with Gasteiger partial charge in [0, 0.05) is 11.3 Å². The number of carbonyl (C=O) groups is 1. The van der Waals surface area contributed by atoms with Crippen LogP contribution in [0.1, 0.15) is 41.5 Å². The summed E-state index contributed by atoms with van der Waals surface area (Å²) >= 11 is 0. The zero-order chi connectivity index (χ0) is 22.8. The SMILES string of the molecule is CC[N+]1(NOC(=O)[C@@](C(C)C)(C(C)(C)C)S(=O)(=O)c2ccc(N)cc2)CCOCC1. The van der Waals surface area contributed by atoms with Crippen LogP contribution in [-0.2, 0) is 24.2 Å². The van der Waals surface area contributed by atoms with E-state index >= 15 is 0 Å². The number of nitrogens with zero attached hydrogens (tertiary/aromatic N) is 1. The monoisotopic (exact) mass is 442 g/mol. The van der Waals surface area contributed by atoms with E-state index in [9.17, 15) is 13.2 Å². The third kappa shape index (κ3) is 4.21. The predicted molar refractivity (Wildman–Crippen MR) is 116 cm³/mol. The molecular weight excluding hydrogens is 406 g/mol. The van der Waals surface area contributed by atoms with Crippen LogP contribution in [0.3, 0.4) is 0 Å². The Bertz CT molecular complexity index is 840. The van der Waals surface area contributed by atoms with Gasteiger partial charge in [0.1, 0.15) is 13.1 Å². The molecule has 9 heteroatoms. The van der Waals surface area contributed by atoms with E-state index in [1.807, 2.05) is 6.92 Å². The van der Waals surface area contributed by atoms with Gasteiger partial charge in [0.2, 0.25) is 0 Å². The van der Waals surface area contributed by atoms with Crippen molar-refractivity contribution in [1.82, 2.24) is 5.59 Å². The summed E-state index contributed by atoms with van der Waals surface area (Å²) in [4.78, 5) is 19.2. The first-order valence-corrected chi connectivity index (χ1v) is 11.8. The van der Waals surface area contributed by atoms with E-state index < -0.39 is 31.9 Å². The molecule has 0 spiro atoms. The van der Waals surface area contributed by atoms with E-state index in [0.29, 0.717) is 43.1 Å². The average molecular weight is 443 g/mol. The Hall–Kier alpha value is -1.68. The molecular formula is C21H36N3O5S+. The Morgan fingerprint density at radius 1 is 1.20 bits per heavy atom. The summed E-state index contributed by atoms with van der Waals surface area (Å²) in [5, 5.41) is 0. The van der Waals surface area contributed by atoms with Gasteiger partial charge in [0.05, 0.1) is 24.7 Å². The number of nitrogens with one attached hydrogen (secondary N) is 1. The number of ether oxygens (including phenoxy) is 1. The molecule has 0 amide bonds. The zero-order valence-corrected chi connectivity index (χ0v) is 19.7. The summed E-state index contributed by atoms with van der Waals surface area (Å²) in [6.07, 6.45) is 0. The van der Waals surface area contributed by atoms with Gasteiger partial charge >= 0.3 is 5.97 Å². The van der Waals surface area contributed by atoms with Gasteiger partial charge in [-0.1, -0.05) is 34.6 Å². The second kappa shape index (κ2) is 8.82. The molecule has 0 radical (unpaired) electrons. The van der Waals surface area contributed by atoms with Crippen molar-refractivity contribution in [3.8, 4) is 0 Å². The summed E-state index contributed by atoms with van der Waals surface area (Å²) in [5.74, 6) is -1.35. The van der Waals surface area contributed by atoms with Crippen molar-refractivity contribution in [2.24, 2.45) is 11.3 Å². The molecule has 1 aliphatic heterocycles. The second-order valence-corrected chi connectivity index (χ2v) is 11.3. The van der Waals surface area contributed by atoms with Crippen LogP contribution < -0.4 is 11.3 Å². The summed E-state index contributed by atoms with van der Waals surface area (Å²) in [7, 11) is -4.12. The second-order valence-electron chi connectivity index (χ2n) is 9.21. The van der Waals surface area contributed by atoms with Gasteiger partial charge in [-0.15, -0.1) is 0 Å². The van der Waals surface area contributed by atoms with Gasteiger partial charge in [-0.2, -0.15) is 0 Å². The Balaban J connectivity index is 2.51. The van der Waals surface area contributed by atoms with E-state index in [-0.39, 0.29) is 4.90 Å². The number of rotatable bonds is 7. The van der Waals surface area contributed by atoms with E-state index in [1.54, 1.807) is 34.6 Å². The molecule has 0 aromatic heterocycles. The van der Waals surface area contributed by atoms with Crippen LogP contribution >= 0.6 is 0 Å². The minimum Gasteiger partial charge on any atom is -0.399 e. The highest BCUT2D eigenvalue weighted by Gasteiger charge is 2.63. The highest BCUT2D eigenvalue weighted by molar-refractivity contribution is 7.93. The van der Waals surface area contributed by atoms with Gasteiger partial charge in [0.25, 0.3) is 0 Å². The summed E-state index contributed by atoms with van der Waals surface area (Å²) in [6.45, 7) is 13.7. The maximum Gasteiger partial charge on any atom is 0.353 e. The van der Waals surface area contributed by atoms with Crippen LogP contribution in [0.25, 0.3) is 0 Å². The predicted octanol–water partition coefficient (Wildman–Crippen LogP) is 2.31. The molecule has 0 aliphatic carbocycles. The Morgan fingerprint density at radius 3 is 2.17 bits per heavy atom. The zero-order valence-electron chi connectivity index (χ0n) is 18.9. The fourth-order valence-electron chi connectivity index (χ4n) is 4.44. The maximum absolute atomic E-state index is 13.9. The summed E-state index contributed by atoms with van der Waals surface area (Å²) in [5.41, 5.74) is 8.12. The standard InChI is InChI=1S/C21H36N3O5S/c1-7-24(12-14-28-15-13-24)23-29-19(25)21(16(2)3,20(4,5)6)30(26,27)18-10-8-17(22)9-11-18/h8-11,16,23H,7,12-15,22H2,1-6H3/q+1/t21-/m0/s1. The number of carbonyl (C=O) groups excluding carboxylic acids is 1. The Morgan fingerprint density at radius 2 is 1.73 bits per heavy atom. The number of anilines is 1. The molecule has 0 bridgehead atoms. The van der Waals surface area contributed by atoms with Crippen molar-refractivity contribution in [3.05, 3.63) is 24.3 Å². The highest BCUT2D eigenvalue weighted by Crippen LogP contribution is 2.47. The minimum absolute atomic E-state index is 0.0445. The number of quaternary nitrogens is 1. The summed E-state index contributed by atoms with van der Waals surface area (Å²) < 4.78 is 31.7. The number of hydrogen-bond acceptors (Lipinski definition) is 7. The van der Waals surface area contributed by atoms with Crippen molar-refractivity contribution in [2.45, 2.75) is 51.2 Å². The average Bonchev–Trinajstić information content (AvgIpc) is 2.66. The van der Waals surface area contributed by atoms with Crippen LogP contribution in [0.2, 0.25) is 0 Å². The molecule has 1 fully saturated rings. The number of benzene rings is 1. The molecule has 0 unspecified atom stereocenters. The van der Waals surface area contributed by atoms with Crippen LogP contribution in [0.15, 0.2) is 29.2 Å². The summed E-state index contributed by atoms with van der Waals surface area (Å²) in [6, 6.07) is 5.93. The first kappa shape index (κ1) is 24.6. The molecule has 1 heterocycles. The van der Waals surface area contributed by atoms with Crippen LogP contribution in [-0.4, -0.2) is 56.6 Å². The largest absolute Gasteiger partial charge is 0.399 e. The normalized spacial score (nSPS) is 19.3. The molecule has 30 heavy (non-hydrogen) atoms. The number of morpholine rings is 1. The smallest absolute Gasteiger partial charge is 0.353 e. The van der Waals surface area contributed by atoms with Gasteiger partial charge in [-0.05, 0) is 42.5 Å². The van der Waals surface area contributed by atoms with Crippen molar-refractivity contribution in [1.29, 1.82) is 0 Å². The lowest BCUT2D eigenvalue weighted by Crippen LogP contribution is -2.66. The number of nitrogens with two attached hydrogens (primary N) is 1. The molecule has 2 rings (SSSR count). The molecule has 170 valence electrons. The minimum atomic E-state index is -4.12. The third-order valence-corrected chi connectivity index (χ3v) is 9.10. The van der Waals surface area contributed by atoms with Crippen molar-refractivity contribution in [2.75, 3.05) is 38.6 Å². The number of hydrogen-bond donors (Lipinski definition) is 2. The van der Waals surface area contributed by atoms with Gasteiger partial charge < -0.3 is 15.3 Å². The molecule has 1 saturated heterocycles.